The number of nitrogens with one attached hydrogen (secondary N) is 2. The third-order valence-electron chi connectivity index (χ3n) is 1.35. The van der Waals surface area contributed by atoms with E-state index in [2.05, 4.69) is 10.3 Å². The first-order chi connectivity index (χ1) is 6.77. The van der Waals surface area contributed by atoms with Crippen molar-refractivity contribution in [2.75, 3.05) is 13.2 Å². The summed E-state index contributed by atoms with van der Waals surface area (Å²) in [4.78, 5) is 11.6. The van der Waals surface area contributed by atoms with E-state index in [1.54, 1.807) is 0 Å². The van der Waals surface area contributed by atoms with Crippen molar-refractivity contribution in [1.82, 2.24) is 5.32 Å². The smallest absolute Gasteiger partial charge is 0.430 e. The highest BCUT2D eigenvalue weighted by Crippen LogP contribution is 2.11. The average molecular weight is 229 g/mol. The average Bonchev–Trinajstić information content (AvgIpc) is 2.50. The number of halogens is 3. The van der Waals surface area contributed by atoms with Crippen LogP contribution in [0.5, 0.6) is 0 Å². The minimum absolute atomic E-state index is 0.106. The van der Waals surface area contributed by atoms with Crippen molar-refractivity contribution < 1.29 is 33.2 Å². The molecule has 1 rings (SSSR count). The molecule has 0 aliphatic carbocycles. The van der Waals surface area contributed by atoms with Crippen LogP contribution in [0.1, 0.15) is 0 Å². The standard InChI is InChI=1S/C4H9N3O.C2HF3O2/c5-4-6-1-3(2-8)7-4;3-2(4,5)1(6)7/h3,8H,1-2H2,(H3,5,6,7);(H,6,7). The molecule has 0 aromatic carbocycles. The molecule has 0 radical (unpaired) electrons. The third-order valence-corrected chi connectivity index (χ3v) is 1.35. The number of carbonyl (C=O) groups is 1. The van der Waals surface area contributed by atoms with Crippen LogP contribution >= 0.6 is 0 Å². The number of alkyl halides is 3. The fourth-order valence-corrected chi connectivity index (χ4v) is 0.665. The summed E-state index contributed by atoms with van der Waals surface area (Å²) in [5.41, 5.74) is 5.28. The second kappa shape index (κ2) is 5.39. The molecular weight excluding hydrogens is 219 g/mol. The van der Waals surface area contributed by atoms with Gasteiger partial charge in [-0.2, -0.15) is 13.2 Å². The Labute approximate surface area is 82.6 Å². The van der Waals surface area contributed by atoms with Crippen molar-refractivity contribution in [3.63, 3.8) is 0 Å². The molecule has 88 valence electrons. The molecular formula is C6H10F3N3O3. The number of nitrogens with two attached hydrogens (primary N) is 1. The number of guanidine groups is 1. The van der Waals surface area contributed by atoms with Crippen LogP contribution in [0.3, 0.4) is 0 Å². The van der Waals surface area contributed by atoms with E-state index in [9.17, 15) is 13.2 Å². The van der Waals surface area contributed by atoms with Gasteiger partial charge >= 0.3 is 12.1 Å². The van der Waals surface area contributed by atoms with Gasteiger partial charge in [-0.15, -0.1) is 0 Å². The number of carboxylic acids is 1. The highest BCUT2D eigenvalue weighted by Gasteiger charge is 2.28. The van der Waals surface area contributed by atoms with E-state index in [1.165, 1.54) is 0 Å². The number of aliphatic hydroxyl groups is 1. The van der Waals surface area contributed by atoms with Gasteiger partial charge in [-0.25, -0.2) is 0 Å². The molecule has 1 aliphatic rings. The lowest BCUT2D eigenvalue weighted by molar-refractivity contribution is -0.450. The number of carbonyl (C=O) groups excluding carboxylic acids is 1. The minimum Gasteiger partial charge on any atom is -0.542 e. The number of hydrogen-bond acceptors (Lipinski definition) is 5. The van der Waals surface area contributed by atoms with Crippen molar-refractivity contribution in [3.8, 4) is 0 Å². The highest BCUT2D eigenvalue weighted by molar-refractivity contribution is 5.73. The van der Waals surface area contributed by atoms with Crippen molar-refractivity contribution in [1.29, 1.82) is 0 Å². The Morgan fingerprint density at radius 3 is 2.33 bits per heavy atom. The largest absolute Gasteiger partial charge is 0.542 e. The molecule has 1 unspecified atom stereocenters. The van der Waals surface area contributed by atoms with Crippen LogP contribution in [0.25, 0.3) is 0 Å². The van der Waals surface area contributed by atoms with E-state index >= 15 is 0 Å². The summed E-state index contributed by atoms with van der Waals surface area (Å²) in [6.07, 6.45) is -5.19. The molecule has 1 heterocycles. The van der Waals surface area contributed by atoms with Gasteiger partial charge in [-0.3, -0.25) is 16.0 Å². The molecule has 0 saturated heterocycles. The first-order valence-electron chi connectivity index (χ1n) is 3.79. The zero-order valence-electron chi connectivity index (χ0n) is 7.47. The number of aliphatic carboxylic acids is 1. The van der Waals surface area contributed by atoms with Crippen LogP contribution in [-0.2, 0) is 4.79 Å². The maximum absolute atomic E-state index is 10.5. The third kappa shape index (κ3) is 5.73. The molecule has 1 atom stereocenters. The van der Waals surface area contributed by atoms with E-state index in [0.29, 0.717) is 5.96 Å². The molecule has 0 aromatic rings. The molecule has 1 aliphatic heterocycles. The Kier molecular flexibility index (Phi) is 4.85. The summed E-state index contributed by atoms with van der Waals surface area (Å²) in [5, 5.41) is 20.1. The van der Waals surface area contributed by atoms with E-state index in [-0.39, 0.29) is 12.6 Å². The Hall–Kier alpha value is -1.51. The Morgan fingerprint density at radius 2 is 2.20 bits per heavy atom. The van der Waals surface area contributed by atoms with E-state index < -0.39 is 12.1 Å². The molecule has 9 heteroatoms. The monoisotopic (exact) mass is 229 g/mol. The van der Waals surface area contributed by atoms with Gasteiger partial charge in [-0.05, 0) is 0 Å². The summed E-state index contributed by atoms with van der Waals surface area (Å²) in [5.74, 6) is -2.45. The number of hydrogen-bond donors (Lipinski definition) is 4. The Morgan fingerprint density at radius 1 is 1.73 bits per heavy atom. The molecule has 6 nitrogen and oxygen atoms in total. The summed E-state index contributed by atoms with van der Waals surface area (Å²) in [7, 11) is 0. The molecule has 0 bridgehead atoms. The topological polar surface area (TPSA) is 112 Å². The summed E-state index contributed by atoms with van der Waals surface area (Å²) >= 11 is 0. The zero-order valence-corrected chi connectivity index (χ0v) is 7.47. The van der Waals surface area contributed by atoms with Gasteiger partial charge in [0.05, 0.1) is 13.2 Å². The fourth-order valence-electron chi connectivity index (χ4n) is 0.665. The minimum atomic E-state index is -5.19. The molecule has 0 aromatic heterocycles. The van der Waals surface area contributed by atoms with Crippen LogP contribution in [-0.4, -0.2) is 42.4 Å². The first kappa shape index (κ1) is 13.5. The maximum Gasteiger partial charge on any atom is 0.430 e. The van der Waals surface area contributed by atoms with Gasteiger partial charge < -0.3 is 15.0 Å². The van der Waals surface area contributed by atoms with Gasteiger partial charge in [0.2, 0.25) is 0 Å². The lowest BCUT2D eigenvalue weighted by Gasteiger charge is -2.03. The van der Waals surface area contributed by atoms with Crippen molar-refractivity contribution in [2.24, 2.45) is 5.73 Å². The molecule has 0 saturated carbocycles. The first-order valence-corrected chi connectivity index (χ1v) is 3.79. The van der Waals surface area contributed by atoms with Crippen molar-refractivity contribution in [3.05, 3.63) is 0 Å². The van der Waals surface area contributed by atoms with Crippen LogP contribution in [0, 0.1) is 0 Å². The van der Waals surface area contributed by atoms with Gasteiger partial charge in [0.25, 0.3) is 0 Å². The van der Waals surface area contributed by atoms with Gasteiger partial charge in [0.1, 0.15) is 12.0 Å². The van der Waals surface area contributed by atoms with Crippen LogP contribution < -0.4 is 21.1 Å². The molecule has 5 N–H and O–H groups in total. The quantitative estimate of drug-likeness (QED) is 0.363. The van der Waals surface area contributed by atoms with Crippen molar-refractivity contribution >= 4 is 11.9 Å². The lowest BCUT2D eigenvalue weighted by atomic mass is 10.3. The van der Waals surface area contributed by atoms with Crippen molar-refractivity contribution in [2.45, 2.75) is 12.2 Å². The van der Waals surface area contributed by atoms with Crippen LogP contribution in [0.4, 0.5) is 13.2 Å². The summed E-state index contributed by atoms with van der Waals surface area (Å²) < 4.78 is 31.5. The molecule has 0 spiro atoms. The lowest BCUT2D eigenvalue weighted by Crippen LogP contribution is -2.73. The second-order valence-electron chi connectivity index (χ2n) is 2.60. The Balaban J connectivity index is 0.000000265. The molecule has 15 heavy (non-hydrogen) atoms. The normalized spacial score (nSPS) is 19.7. The summed E-state index contributed by atoms with van der Waals surface area (Å²) in [6, 6.07) is 0.106. The van der Waals surface area contributed by atoms with E-state index in [0.717, 1.165) is 6.54 Å². The van der Waals surface area contributed by atoms with Gasteiger partial charge in [0.15, 0.2) is 0 Å². The highest BCUT2D eigenvalue weighted by atomic mass is 19.4. The number of rotatable bonds is 1. The second-order valence-corrected chi connectivity index (χ2v) is 2.60. The number of aliphatic hydroxyl groups excluding tert-OH is 1. The van der Waals surface area contributed by atoms with E-state index in [4.69, 9.17) is 20.7 Å². The predicted molar refractivity (Wildman–Crippen MR) is 40.1 cm³/mol. The zero-order chi connectivity index (χ0) is 12.1. The fraction of sp³-hybridized carbons (Fsp3) is 0.667. The SMILES string of the molecule is NC1=[NH+]CC(CO)N1.O=C([O-])C(F)(F)F. The number of carboxylic acid groups (broad SMARTS) is 1. The van der Waals surface area contributed by atoms with Gasteiger partial charge in [0, 0.05) is 0 Å². The maximum atomic E-state index is 10.5. The van der Waals surface area contributed by atoms with Crippen LogP contribution in [0.2, 0.25) is 0 Å². The molecule has 0 fully saturated rings. The van der Waals surface area contributed by atoms with Crippen LogP contribution in [0.15, 0.2) is 0 Å². The Bertz CT molecular complexity index is 254. The summed E-state index contributed by atoms with van der Waals surface area (Å²) in [6.45, 7) is 0.857. The molecule has 0 amide bonds. The van der Waals surface area contributed by atoms with Gasteiger partial charge in [-0.1, -0.05) is 0 Å². The van der Waals surface area contributed by atoms with E-state index in [1.807, 2.05) is 0 Å². The predicted octanol–water partition coefficient (Wildman–Crippen LogP) is -4.36.